The second-order valence-electron chi connectivity index (χ2n) is 4.45. The summed E-state index contributed by atoms with van der Waals surface area (Å²) < 4.78 is 5.19. The average molecular weight is 275 g/mol. The van der Waals surface area contributed by atoms with E-state index in [1.165, 1.54) is 20.9 Å². The third-order valence-electron chi connectivity index (χ3n) is 3.07. The summed E-state index contributed by atoms with van der Waals surface area (Å²) in [5, 5.41) is 3.37. The zero-order valence-electron chi connectivity index (χ0n) is 11.6. The van der Waals surface area contributed by atoms with Crippen LogP contribution in [0.1, 0.15) is 17.4 Å². The number of hydrogen-bond donors (Lipinski definition) is 1. The van der Waals surface area contributed by atoms with E-state index >= 15 is 0 Å². The van der Waals surface area contributed by atoms with Gasteiger partial charge in [-0.1, -0.05) is 31.2 Å². The first-order valence-corrected chi connectivity index (χ1v) is 7.53. The molecule has 0 aliphatic heterocycles. The summed E-state index contributed by atoms with van der Waals surface area (Å²) >= 11 is 1.87. The molecule has 2 nitrogen and oxygen atoms in total. The third kappa shape index (κ3) is 3.90. The molecular weight excluding hydrogens is 254 g/mol. The summed E-state index contributed by atoms with van der Waals surface area (Å²) in [5.41, 5.74) is 2.70. The topological polar surface area (TPSA) is 21.3 Å². The number of nitrogens with one attached hydrogen (secondary N) is 1. The SMILES string of the molecule is CCNCc1ccc(-c2ccccc2CCOC)s1. The highest BCUT2D eigenvalue weighted by Crippen LogP contribution is 2.31. The van der Waals surface area contributed by atoms with Crippen LogP contribution in [0.2, 0.25) is 0 Å². The summed E-state index contributed by atoms with van der Waals surface area (Å²) in [6.45, 7) is 4.88. The highest BCUT2D eigenvalue weighted by molar-refractivity contribution is 7.15. The van der Waals surface area contributed by atoms with Gasteiger partial charge < -0.3 is 10.1 Å². The Morgan fingerprint density at radius 1 is 1.16 bits per heavy atom. The first-order chi connectivity index (χ1) is 9.35. The maximum absolute atomic E-state index is 5.19. The van der Waals surface area contributed by atoms with Gasteiger partial charge in [-0.2, -0.15) is 0 Å². The van der Waals surface area contributed by atoms with Crippen molar-refractivity contribution in [1.82, 2.24) is 5.32 Å². The number of benzene rings is 1. The number of ether oxygens (including phenoxy) is 1. The van der Waals surface area contributed by atoms with Crippen LogP contribution in [-0.2, 0) is 17.7 Å². The largest absolute Gasteiger partial charge is 0.384 e. The Labute approximate surface area is 119 Å². The number of methoxy groups -OCH3 is 1. The first kappa shape index (κ1) is 14.3. The van der Waals surface area contributed by atoms with Gasteiger partial charge >= 0.3 is 0 Å². The third-order valence-corrected chi connectivity index (χ3v) is 4.19. The molecule has 1 aromatic carbocycles. The van der Waals surface area contributed by atoms with Crippen molar-refractivity contribution in [3.05, 3.63) is 46.8 Å². The standard InChI is InChI=1S/C16H21NOS/c1-3-17-12-14-8-9-16(19-14)15-7-5-4-6-13(15)10-11-18-2/h4-9,17H,3,10-12H2,1-2H3. The van der Waals surface area contributed by atoms with Crippen molar-refractivity contribution < 1.29 is 4.74 Å². The Balaban J connectivity index is 2.18. The van der Waals surface area contributed by atoms with Gasteiger partial charge in [-0.15, -0.1) is 11.3 Å². The van der Waals surface area contributed by atoms with Gasteiger partial charge in [0.25, 0.3) is 0 Å². The molecule has 2 rings (SSSR count). The fourth-order valence-corrected chi connectivity index (χ4v) is 3.09. The minimum atomic E-state index is 0.770. The molecule has 1 aromatic heterocycles. The first-order valence-electron chi connectivity index (χ1n) is 6.71. The zero-order chi connectivity index (χ0) is 13.5. The molecule has 0 unspecified atom stereocenters. The lowest BCUT2D eigenvalue weighted by molar-refractivity contribution is 0.202. The summed E-state index contributed by atoms with van der Waals surface area (Å²) in [7, 11) is 1.75. The molecule has 1 N–H and O–H groups in total. The lowest BCUT2D eigenvalue weighted by Crippen LogP contribution is -2.10. The van der Waals surface area contributed by atoms with Crippen LogP contribution in [0.4, 0.5) is 0 Å². The molecule has 0 atom stereocenters. The van der Waals surface area contributed by atoms with Crippen LogP contribution in [-0.4, -0.2) is 20.3 Å². The molecule has 0 bridgehead atoms. The second-order valence-corrected chi connectivity index (χ2v) is 5.61. The summed E-state index contributed by atoms with van der Waals surface area (Å²) in [5.74, 6) is 0. The maximum atomic E-state index is 5.19. The average Bonchev–Trinajstić information content (AvgIpc) is 2.92. The Bertz CT molecular complexity index is 507. The molecule has 1 heterocycles. The van der Waals surface area contributed by atoms with E-state index in [1.54, 1.807) is 7.11 Å². The van der Waals surface area contributed by atoms with Gasteiger partial charge in [-0.3, -0.25) is 0 Å². The van der Waals surface area contributed by atoms with Crippen LogP contribution in [0, 0.1) is 0 Å². The van der Waals surface area contributed by atoms with E-state index < -0.39 is 0 Å². The fourth-order valence-electron chi connectivity index (χ4n) is 2.06. The molecule has 0 saturated carbocycles. The van der Waals surface area contributed by atoms with Crippen molar-refractivity contribution in [1.29, 1.82) is 0 Å². The second kappa shape index (κ2) is 7.43. The molecule has 102 valence electrons. The fraction of sp³-hybridized carbons (Fsp3) is 0.375. The molecule has 0 aliphatic rings. The maximum Gasteiger partial charge on any atom is 0.0502 e. The zero-order valence-corrected chi connectivity index (χ0v) is 12.4. The number of thiophene rings is 1. The normalized spacial score (nSPS) is 10.8. The van der Waals surface area contributed by atoms with E-state index in [9.17, 15) is 0 Å². The van der Waals surface area contributed by atoms with E-state index in [0.29, 0.717) is 0 Å². The van der Waals surface area contributed by atoms with Crippen molar-refractivity contribution in [2.75, 3.05) is 20.3 Å². The van der Waals surface area contributed by atoms with Crippen LogP contribution in [0.5, 0.6) is 0 Å². The van der Waals surface area contributed by atoms with Crippen molar-refractivity contribution in [3.63, 3.8) is 0 Å². The molecule has 2 aromatic rings. The molecule has 0 fully saturated rings. The van der Waals surface area contributed by atoms with Gasteiger partial charge in [0, 0.05) is 23.4 Å². The molecule has 0 aliphatic carbocycles. The summed E-state index contributed by atoms with van der Waals surface area (Å²) in [4.78, 5) is 2.73. The van der Waals surface area contributed by atoms with E-state index in [2.05, 4.69) is 48.6 Å². The van der Waals surface area contributed by atoms with Gasteiger partial charge in [0.1, 0.15) is 0 Å². The molecule has 0 spiro atoms. The van der Waals surface area contributed by atoms with Crippen LogP contribution < -0.4 is 5.32 Å². The van der Waals surface area contributed by atoms with Crippen molar-refractivity contribution in [3.8, 4) is 10.4 Å². The minimum Gasteiger partial charge on any atom is -0.384 e. The summed E-state index contributed by atoms with van der Waals surface area (Å²) in [6, 6.07) is 13.0. The van der Waals surface area contributed by atoms with Gasteiger partial charge in [0.15, 0.2) is 0 Å². The molecule has 0 amide bonds. The monoisotopic (exact) mass is 275 g/mol. The van der Waals surface area contributed by atoms with Crippen LogP contribution in [0.25, 0.3) is 10.4 Å². The Kier molecular flexibility index (Phi) is 5.58. The minimum absolute atomic E-state index is 0.770. The molecule has 0 saturated heterocycles. The molecular formula is C16H21NOS. The van der Waals surface area contributed by atoms with Gasteiger partial charge in [-0.25, -0.2) is 0 Å². The Morgan fingerprint density at radius 3 is 2.79 bits per heavy atom. The highest BCUT2D eigenvalue weighted by atomic mass is 32.1. The van der Waals surface area contributed by atoms with Crippen LogP contribution in [0.3, 0.4) is 0 Å². The molecule has 3 heteroatoms. The summed E-state index contributed by atoms with van der Waals surface area (Å²) in [6.07, 6.45) is 0.965. The van der Waals surface area contributed by atoms with Crippen molar-refractivity contribution in [2.45, 2.75) is 19.9 Å². The van der Waals surface area contributed by atoms with E-state index in [-0.39, 0.29) is 0 Å². The van der Waals surface area contributed by atoms with Gasteiger partial charge in [-0.05, 0) is 36.2 Å². The Hall–Kier alpha value is -1.16. The van der Waals surface area contributed by atoms with Crippen LogP contribution >= 0.6 is 11.3 Å². The Morgan fingerprint density at radius 2 is 2.00 bits per heavy atom. The predicted molar refractivity (Wildman–Crippen MR) is 82.7 cm³/mol. The molecule has 19 heavy (non-hydrogen) atoms. The van der Waals surface area contributed by atoms with Gasteiger partial charge in [0.2, 0.25) is 0 Å². The number of hydrogen-bond acceptors (Lipinski definition) is 3. The predicted octanol–water partition coefficient (Wildman–Crippen LogP) is 3.71. The van der Waals surface area contributed by atoms with E-state index in [4.69, 9.17) is 4.74 Å². The van der Waals surface area contributed by atoms with Crippen molar-refractivity contribution in [2.24, 2.45) is 0 Å². The molecule has 0 radical (unpaired) electrons. The lowest BCUT2D eigenvalue weighted by Gasteiger charge is -2.07. The quantitative estimate of drug-likeness (QED) is 0.831. The lowest BCUT2D eigenvalue weighted by atomic mass is 10.0. The van der Waals surface area contributed by atoms with E-state index in [1.807, 2.05) is 11.3 Å². The van der Waals surface area contributed by atoms with Gasteiger partial charge in [0.05, 0.1) is 6.61 Å². The van der Waals surface area contributed by atoms with Crippen molar-refractivity contribution >= 4 is 11.3 Å². The van der Waals surface area contributed by atoms with E-state index in [0.717, 1.165) is 26.1 Å². The smallest absolute Gasteiger partial charge is 0.0502 e. The van der Waals surface area contributed by atoms with Crippen LogP contribution in [0.15, 0.2) is 36.4 Å². The highest BCUT2D eigenvalue weighted by Gasteiger charge is 2.07. The number of rotatable bonds is 7.